The van der Waals surface area contributed by atoms with Gasteiger partial charge in [-0.3, -0.25) is 4.79 Å². The molecule has 0 saturated heterocycles. The number of amides is 1. The molecule has 0 fully saturated rings. The van der Waals surface area contributed by atoms with Crippen molar-refractivity contribution in [2.24, 2.45) is 0 Å². The Hall–Kier alpha value is -1.71. The van der Waals surface area contributed by atoms with E-state index in [0.29, 0.717) is 17.1 Å². The fourth-order valence-electron chi connectivity index (χ4n) is 1.42. The number of hydrogen-bond acceptors (Lipinski definition) is 3. The summed E-state index contributed by atoms with van der Waals surface area (Å²) in [5, 5.41) is 2.58. The molecule has 4 heteroatoms. The van der Waals surface area contributed by atoms with Gasteiger partial charge in [0.05, 0.1) is 0 Å². The van der Waals surface area contributed by atoms with Gasteiger partial charge in [-0.2, -0.15) is 0 Å². The SMILES string of the molecule is CNC(=O)c1cc2c(cc1C)OCO2. The summed E-state index contributed by atoms with van der Waals surface area (Å²) < 4.78 is 10.4. The Kier molecular flexibility index (Phi) is 2.04. The number of benzene rings is 1. The van der Waals surface area contributed by atoms with Crippen LogP contribution >= 0.6 is 0 Å². The van der Waals surface area contributed by atoms with E-state index in [2.05, 4.69) is 5.32 Å². The third-order valence-electron chi connectivity index (χ3n) is 2.19. The van der Waals surface area contributed by atoms with Gasteiger partial charge >= 0.3 is 0 Å². The molecule has 1 N–H and O–H groups in total. The van der Waals surface area contributed by atoms with Gasteiger partial charge in [-0.25, -0.2) is 0 Å². The second-order valence-corrected chi connectivity index (χ2v) is 3.10. The molecule has 0 aromatic heterocycles. The standard InChI is InChI=1S/C10H11NO3/c1-6-3-8-9(14-5-13-8)4-7(6)10(12)11-2/h3-4H,5H2,1-2H3,(H,11,12). The van der Waals surface area contributed by atoms with E-state index in [4.69, 9.17) is 9.47 Å². The molecule has 0 saturated carbocycles. The monoisotopic (exact) mass is 193 g/mol. The highest BCUT2D eigenvalue weighted by atomic mass is 16.7. The van der Waals surface area contributed by atoms with Crippen LogP contribution < -0.4 is 14.8 Å². The highest BCUT2D eigenvalue weighted by Crippen LogP contribution is 2.34. The summed E-state index contributed by atoms with van der Waals surface area (Å²) in [5.41, 5.74) is 1.50. The van der Waals surface area contributed by atoms with Crippen LogP contribution in [0, 0.1) is 6.92 Å². The molecule has 1 aliphatic heterocycles. The summed E-state index contributed by atoms with van der Waals surface area (Å²) >= 11 is 0. The van der Waals surface area contributed by atoms with E-state index in [9.17, 15) is 4.79 Å². The first-order valence-electron chi connectivity index (χ1n) is 4.34. The first-order chi connectivity index (χ1) is 6.72. The number of carbonyl (C=O) groups is 1. The van der Waals surface area contributed by atoms with Crippen molar-refractivity contribution >= 4 is 5.91 Å². The van der Waals surface area contributed by atoms with Gasteiger partial charge in [0.25, 0.3) is 5.91 Å². The second kappa shape index (κ2) is 3.21. The highest BCUT2D eigenvalue weighted by Gasteiger charge is 2.18. The van der Waals surface area contributed by atoms with Gasteiger partial charge in [0.1, 0.15) is 0 Å². The number of aryl methyl sites for hydroxylation is 1. The lowest BCUT2D eigenvalue weighted by Crippen LogP contribution is -2.18. The lowest BCUT2D eigenvalue weighted by molar-refractivity contribution is 0.0962. The van der Waals surface area contributed by atoms with Crippen molar-refractivity contribution < 1.29 is 14.3 Å². The van der Waals surface area contributed by atoms with E-state index in [1.54, 1.807) is 13.1 Å². The predicted molar refractivity (Wildman–Crippen MR) is 50.7 cm³/mol. The normalized spacial score (nSPS) is 12.7. The average Bonchev–Trinajstić information content (AvgIpc) is 2.62. The zero-order chi connectivity index (χ0) is 10.1. The predicted octanol–water partition coefficient (Wildman–Crippen LogP) is 1.08. The quantitative estimate of drug-likeness (QED) is 0.726. The van der Waals surface area contributed by atoms with E-state index in [-0.39, 0.29) is 12.7 Å². The van der Waals surface area contributed by atoms with Gasteiger partial charge in [0, 0.05) is 12.6 Å². The summed E-state index contributed by atoms with van der Waals surface area (Å²) in [6.45, 7) is 2.10. The topological polar surface area (TPSA) is 47.6 Å². The third kappa shape index (κ3) is 1.28. The zero-order valence-corrected chi connectivity index (χ0v) is 8.09. The van der Waals surface area contributed by atoms with E-state index < -0.39 is 0 Å². The molecule has 74 valence electrons. The minimum Gasteiger partial charge on any atom is -0.454 e. The molecule has 1 amide bonds. The van der Waals surface area contributed by atoms with E-state index >= 15 is 0 Å². The molecular weight excluding hydrogens is 182 g/mol. The molecule has 0 aliphatic carbocycles. The van der Waals surface area contributed by atoms with E-state index in [0.717, 1.165) is 5.56 Å². The van der Waals surface area contributed by atoms with Crippen molar-refractivity contribution in [3.8, 4) is 11.5 Å². The van der Waals surface area contributed by atoms with E-state index in [1.807, 2.05) is 13.0 Å². The van der Waals surface area contributed by atoms with Crippen molar-refractivity contribution in [2.45, 2.75) is 6.92 Å². The molecule has 0 unspecified atom stereocenters. The van der Waals surface area contributed by atoms with Crippen LogP contribution in [0.5, 0.6) is 11.5 Å². The summed E-state index contributed by atoms with van der Waals surface area (Å²) in [5.74, 6) is 1.23. The lowest BCUT2D eigenvalue weighted by atomic mass is 10.1. The number of rotatable bonds is 1. The Morgan fingerprint density at radius 1 is 1.36 bits per heavy atom. The van der Waals surface area contributed by atoms with Crippen LogP contribution in [0.4, 0.5) is 0 Å². The molecular formula is C10H11NO3. The van der Waals surface area contributed by atoms with E-state index in [1.165, 1.54) is 0 Å². The number of ether oxygens (including phenoxy) is 2. The zero-order valence-electron chi connectivity index (χ0n) is 8.09. The van der Waals surface area contributed by atoms with Gasteiger partial charge in [0.15, 0.2) is 11.5 Å². The van der Waals surface area contributed by atoms with Crippen molar-refractivity contribution in [3.05, 3.63) is 23.3 Å². The Morgan fingerprint density at radius 2 is 2.00 bits per heavy atom. The van der Waals surface area contributed by atoms with Crippen molar-refractivity contribution in [2.75, 3.05) is 13.8 Å². The lowest BCUT2D eigenvalue weighted by Gasteiger charge is -2.05. The highest BCUT2D eigenvalue weighted by molar-refractivity contribution is 5.96. The number of carbonyl (C=O) groups excluding carboxylic acids is 1. The van der Waals surface area contributed by atoms with Crippen LogP contribution in [0.25, 0.3) is 0 Å². The first-order valence-corrected chi connectivity index (χ1v) is 4.34. The van der Waals surface area contributed by atoms with Crippen molar-refractivity contribution in [1.29, 1.82) is 0 Å². The molecule has 2 rings (SSSR count). The van der Waals surface area contributed by atoms with Crippen molar-refractivity contribution in [3.63, 3.8) is 0 Å². The number of fused-ring (bicyclic) bond motifs is 1. The Labute approximate surface area is 81.8 Å². The average molecular weight is 193 g/mol. The molecule has 1 aromatic carbocycles. The maximum atomic E-state index is 11.4. The first kappa shape index (κ1) is 8.87. The molecule has 1 aliphatic rings. The Bertz CT molecular complexity index is 387. The van der Waals surface area contributed by atoms with Gasteiger partial charge < -0.3 is 14.8 Å². The van der Waals surface area contributed by atoms with Crippen LogP contribution in [0.3, 0.4) is 0 Å². The number of hydrogen-bond donors (Lipinski definition) is 1. The molecule has 1 heterocycles. The molecule has 0 bridgehead atoms. The van der Waals surface area contributed by atoms with Gasteiger partial charge in [0.2, 0.25) is 6.79 Å². The maximum absolute atomic E-state index is 11.4. The van der Waals surface area contributed by atoms with Crippen LogP contribution in [-0.2, 0) is 0 Å². The Balaban J connectivity index is 2.47. The minimum absolute atomic E-state index is 0.110. The fraction of sp³-hybridized carbons (Fsp3) is 0.300. The second-order valence-electron chi connectivity index (χ2n) is 3.10. The van der Waals surface area contributed by atoms with Crippen LogP contribution in [0.1, 0.15) is 15.9 Å². The van der Waals surface area contributed by atoms with Crippen LogP contribution in [-0.4, -0.2) is 19.7 Å². The third-order valence-corrected chi connectivity index (χ3v) is 2.19. The summed E-state index contributed by atoms with van der Waals surface area (Å²) in [6, 6.07) is 3.52. The van der Waals surface area contributed by atoms with Gasteiger partial charge in [-0.1, -0.05) is 0 Å². The van der Waals surface area contributed by atoms with Crippen LogP contribution in [0.15, 0.2) is 12.1 Å². The minimum atomic E-state index is -0.110. The summed E-state index contributed by atoms with van der Waals surface area (Å²) in [7, 11) is 1.60. The van der Waals surface area contributed by atoms with Crippen LogP contribution in [0.2, 0.25) is 0 Å². The largest absolute Gasteiger partial charge is 0.454 e. The molecule has 4 nitrogen and oxygen atoms in total. The molecule has 1 aromatic rings. The smallest absolute Gasteiger partial charge is 0.251 e. The molecule has 0 spiro atoms. The molecule has 14 heavy (non-hydrogen) atoms. The number of nitrogens with one attached hydrogen (secondary N) is 1. The summed E-state index contributed by atoms with van der Waals surface area (Å²) in [6.07, 6.45) is 0. The molecule has 0 radical (unpaired) electrons. The van der Waals surface area contributed by atoms with Gasteiger partial charge in [-0.15, -0.1) is 0 Å². The van der Waals surface area contributed by atoms with Gasteiger partial charge in [-0.05, 0) is 24.6 Å². The summed E-state index contributed by atoms with van der Waals surface area (Å²) in [4.78, 5) is 11.4. The molecule has 0 atom stereocenters. The van der Waals surface area contributed by atoms with Crippen molar-refractivity contribution in [1.82, 2.24) is 5.32 Å². The Morgan fingerprint density at radius 3 is 2.64 bits per heavy atom. The fourth-order valence-corrected chi connectivity index (χ4v) is 1.42. The maximum Gasteiger partial charge on any atom is 0.251 e.